The number of ether oxygens (including phenoxy) is 1. The molecule has 3 aromatic carbocycles. The monoisotopic (exact) mass is 543 g/mol. The maximum Gasteiger partial charge on any atom is 0.238 e. The van der Waals surface area contributed by atoms with Gasteiger partial charge in [-0.15, -0.1) is 0 Å². The maximum atomic E-state index is 13.3. The van der Waals surface area contributed by atoms with E-state index in [4.69, 9.17) is 9.73 Å². The molecule has 0 aliphatic carbocycles. The molecular weight excluding hydrogens is 514 g/mol. The highest BCUT2D eigenvalue weighted by Gasteiger charge is 2.36. The number of benzene rings is 3. The molecule has 1 N–H and O–H groups in total. The van der Waals surface area contributed by atoms with Crippen LogP contribution in [-0.4, -0.2) is 65.0 Å². The second-order valence-corrected chi connectivity index (χ2v) is 11.8. The summed E-state index contributed by atoms with van der Waals surface area (Å²) in [6.07, 6.45) is 2.02. The van der Waals surface area contributed by atoms with E-state index < -0.39 is 15.9 Å². The second kappa shape index (κ2) is 10.5. The van der Waals surface area contributed by atoms with Crippen molar-refractivity contribution in [1.29, 1.82) is 5.26 Å². The number of likely N-dealkylation sites (N-methyl/N-ethyl adjacent to an activating group) is 1. The molecule has 0 saturated heterocycles. The third kappa shape index (κ3) is 5.50. The van der Waals surface area contributed by atoms with E-state index in [-0.39, 0.29) is 5.91 Å². The predicted molar refractivity (Wildman–Crippen MR) is 152 cm³/mol. The minimum atomic E-state index is -3.48. The van der Waals surface area contributed by atoms with Gasteiger partial charge < -0.3 is 15.0 Å². The Kier molecular flexibility index (Phi) is 7.12. The predicted octanol–water partition coefficient (Wildman–Crippen LogP) is 3.68. The standard InChI is InChI=1S/C29H29N5O4S/c1-33(2)13-14-34(39(3,36)37)23-9-7-22(8-10-23)31-28(21-6-5-20-12-15-38-26(20)17-21)27-24-11-4-19(18-30)16-25(24)32-29(27)35/h4-11,16-17,27H,12-15H2,1-3H3,(H,32,35). The molecular formula is C29H29N5O4S. The first kappa shape index (κ1) is 26.4. The van der Waals surface area contributed by atoms with Crippen LogP contribution in [0.1, 0.15) is 28.2 Å². The minimum Gasteiger partial charge on any atom is -0.493 e. The quantitative estimate of drug-likeness (QED) is 0.434. The molecule has 2 aliphatic heterocycles. The van der Waals surface area contributed by atoms with Crippen molar-refractivity contribution in [3.8, 4) is 11.8 Å². The van der Waals surface area contributed by atoms with E-state index in [2.05, 4.69) is 11.4 Å². The van der Waals surface area contributed by atoms with E-state index in [0.717, 1.165) is 28.9 Å². The van der Waals surface area contributed by atoms with Crippen molar-refractivity contribution in [1.82, 2.24) is 4.90 Å². The number of carbonyl (C=O) groups is 1. The molecule has 0 saturated carbocycles. The summed E-state index contributed by atoms with van der Waals surface area (Å²) >= 11 is 0. The molecule has 0 spiro atoms. The lowest BCUT2D eigenvalue weighted by Gasteiger charge is -2.24. The fourth-order valence-electron chi connectivity index (χ4n) is 4.83. The van der Waals surface area contributed by atoms with E-state index >= 15 is 0 Å². The zero-order valence-corrected chi connectivity index (χ0v) is 22.8. The number of hydrogen-bond acceptors (Lipinski definition) is 7. The van der Waals surface area contributed by atoms with E-state index in [0.29, 0.717) is 48.0 Å². The Hall–Kier alpha value is -4.20. The van der Waals surface area contributed by atoms with Gasteiger partial charge in [0.25, 0.3) is 0 Å². The molecule has 9 nitrogen and oxygen atoms in total. The van der Waals surface area contributed by atoms with Gasteiger partial charge in [-0.05, 0) is 67.7 Å². The number of rotatable bonds is 8. The third-order valence-corrected chi connectivity index (χ3v) is 8.01. The van der Waals surface area contributed by atoms with Crippen molar-refractivity contribution in [2.24, 2.45) is 4.99 Å². The molecule has 5 rings (SSSR count). The van der Waals surface area contributed by atoms with Crippen LogP contribution in [0, 0.1) is 11.3 Å². The van der Waals surface area contributed by atoms with Crippen LogP contribution >= 0.6 is 0 Å². The van der Waals surface area contributed by atoms with E-state index in [1.807, 2.05) is 37.2 Å². The van der Waals surface area contributed by atoms with Gasteiger partial charge >= 0.3 is 0 Å². The number of carbonyl (C=O) groups excluding carboxylic acids is 1. The Morgan fingerprint density at radius 1 is 1.10 bits per heavy atom. The molecule has 39 heavy (non-hydrogen) atoms. The first-order valence-electron chi connectivity index (χ1n) is 12.6. The zero-order valence-electron chi connectivity index (χ0n) is 22.0. The average Bonchev–Trinajstić information content (AvgIpc) is 3.49. The maximum absolute atomic E-state index is 13.3. The van der Waals surface area contributed by atoms with Gasteiger partial charge in [0.1, 0.15) is 11.7 Å². The number of amides is 1. The van der Waals surface area contributed by atoms with Gasteiger partial charge in [-0.2, -0.15) is 5.26 Å². The summed E-state index contributed by atoms with van der Waals surface area (Å²) in [5.74, 6) is -0.151. The summed E-state index contributed by atoms with van der Waals surface area (Å²) in [6.45, 7) is 1.50. The number of nitriles is 1. The Morgan fingerprint density at radius 3 is 2.56 bits per heavy atom. The first-order chi connectivity index (χ1) is 18.6. The Labute approximate surface area is 228 Å². The number of sulfonamides is 1. The fraction of sp³-hybridized carbons (Fsp3) is 0.276. The average molecular weight is 544 g/mol. The third-order valence-electron chi connectivity index (χ3n) is 6.82. The van der Waals surface area contributed by atoms with Crippen LogP contribution in [0.25, 0.3) is 0 Å². The summed E-state index contributed by atoms with van der Waals surface area (Å²) in [7, 11) is 0.305. The highest BCUT2D eigenvalue weighted by molar-refractivity contribution is 7.92. The number of nitrogens with one attached hydrogen (secondary N) is 1. The summed E-state index contributed by atoms with van der Waals surface area (Å²) in [5.41, 5.74) is 5.30. The van der Waals surface area contributed by atoms with Crippen molar-refractivity contribution >= 4 is 38.7 Å². The number of anilines is 2. The summed E-state index contributed by atoms with van der Waals surface area (Å²) in [4.78, 5) is 20.1. The van der Waals surface area contributed by atoms with Crippen LogP contribution in [0.3, 0.4) is 0 Å². The molecule has 1 amide bonds. The first-order valence-corrected chi connectivity index (χ1v) is 14.4. The van der Waals surface area contributed by atoms with Gasteiger partial charge in [0.15, 0.2) is 0 Å². The molecule has 0 radical (unpaired) electrons. The van der Waals surface area contributed by atoms with E-state index in [9.17, 15) is 18.5 Å². The molecule has 0 aromatic heterocycles. The van der Waals surface area contributed by atoms with Crippen LogP contribution in [0.4, 0.5) is 17.1 Å². The lowest BCUT2D eigenvalue weighted by atomic mass is 9.89. The molecule has 2 heterocycles. The number of nitrogens with zero attached hydrogens (tertiary/aromatic N) is 4. The molecule has 0 bridgehead atoms. The van der Waals surface area contributed by atoms with Gasteiger partial charge in [-0.25, -0.2) is 8.42 Å². The smallest absolute Gasteiger partial charge is 0.238 e. The molecule has 1 unspecified atom stereocenters. The number of aliphatic imine (C=N–C) groups is 1. The highest BCUT2D eigenvalue weighted by atomic mass is 32.2. The molecule has 0 fully saturated rings. The Morgan fingerprint density at radius 2 is 1.87 bits per heavy atom. The van der Waals surface area contributed by atoms with Crippen LogP contribution in [-0.2, 0) is 21.2 Å². The van der Waals surface area contributed by atoms with Crippen molar-refractivity contribution in [2.75, 3.05) is 49.7 Å². The Bertz CT molecular complexity index is 1610. The SMILES string of the molecule is CN(C)CCN(c1ccc(N=C(c2ccc3c(c2)OCC3)C2C(=O)Nc3cc(C#N)ccc32)cc1)S(C)(=O)=O. The van der Waals surface area contributed by atoms with Gasteiger partial charge in [-0.1, -0.05) is 18.2 Å². The van der Waals surface area contributed by atoms with E-state index in [1.54, 1.807) is 42.5 Å². The number of fused-ring (bicyclic) bond motifs is 2. The van der Waals surface area contributed by atoms with Crippen molar-refractivity contribution in [2.45, 2.75) is 12.3 Å². The molecule has 200 valence electrons. The normalized spacial score (nSPS) is 16.3. The lowest BCUT2D eigenvalue weighted by Crippen LogP contribution is -2.35. The van der Waals surface area contributed by atoms with Gasteiger partial charge in [0.05, 0.1) is 41.6 Å². The van der Waals surface area contributed by atoms with E-state index in [1.165, 1.54) is 10.6 Å². The van der Waals surface area contributed by atoms with Crippen LogP contribution in [0.2, 0.25) is 0 Å². The van der Waals surface area contributed by atoms with Crippen LogP contribution in [0.5, 0.6) is 5.75 Å². The van der Waals surface area contributed by atoms with Crippen LogP contribution in [0.15, 0.2) is 65.7 Å². The Balaban J connectivity index is 1.57. The van der Waals surface area contributed by atoms with Crippen molar-refractivity contribution in [3.05, 3.63) is 82.9 Å². The minimum absolute atomic E-state index is 0.233. The highest BCUT2D eigenvalue weighted by Crippen LogP contribution is 2.38. The summed E-state index contributed by atoms with van der Waals surface area (Å²) in [5, 5.41) is 12.2. The fourth-order valence-corrected chi connectivity index (χ4v) is 5.75. The molecule has 1 atom stereocenters. The molecule has 10 heteroatoms. The summed E-state index contributed by atoms with van der Waals surface area (Å²) < 4.78 is 32.1. The number of hydrogen-bond donors (Lipinski definition) is 1. The van der Waals surface area contributed by atoms with Gasteiger partial charge in [-0.3, -0.25) is 14.1 Å². The topological polar surface area (TPSA) is 115 Å². The second-order valence-electron chi connectivity index (χ2n) is 9.91. The van der Waals surface area contributed by atoms with Gasteiger partial charge in [0.2, 0.25) is 15.9 Å². The van der Waals surface area contributed by atoms with Gasteiger partial charge in [0, 0.05) is 30.8 Å². The molecule has 2 aliphatic rings. The van der Waals surface area contributed by atoms with Crippen LogP contribution < -0.4 is 14.4 Å². The summed E-state index contributed by atoms with van der Waals surface area (Å²) in [6, 6.07) is 20.1. The van der Waals surface area contributed by atoms with Crippen molar-refractivity contribution in [3.63, 3.8) is 0 Å². The van der Waals surface area contributed by atoms with Crippen molar-refractivity contribution < 1.29 is 17.9 Å². The largest absolute Gasteiger partial charge is 0.493 e. The lowest BCUT2D eigenvalue weighted by molar-refractivity contribution is -0.115. The zero-order chi connectivity index (χ0) is 27.7. The molecule has 3 aromatic rings.